The highest BCUT2D eigenvalue weighted by Gasteiger charge is 2.22. The van der Waals surface area contributed by atoms with Crippen LogP contribution in [0.25, 0.3) is 0 Å². The highest BCUT2D eigenvalue weighted by Crippen LogP contribution is 2.23. The van der Waals surface area contributed by atoms with Crippen LogP contribution in [-0.2, 0) is 0 Å². The van der Waals surface area contributed by atoms with Crippen molar-refractivity contribution in [3.05, 3.63) is 16.6 Å². The summed E-state index contributed by atoms with van der Waals surface area (Å²) in [6, 6.07) is 0.354. The number of oxime groups is 1. The zero-order valence-corrected chi connectivity index (χ0v) is 13.4. The number of amidine groups is 1. The third-order valence-corrected chi connectivity index (χ3v) is 4.47. The number of hydrogen-bond acceptors (Lipinski definition) is 5. The normalized spacial score (nSPS) is 14.4. The molecular weight excluding hydrogens is 272 g/mol. The molecule has 1 heterocycles. The van der Waals surface area contributed by atoms with Gasteiger partial charge in [0, 0.05) is 17.0 Å². The van der Waals surface area contributed by atoms with E-state index in [1.807, 2.05) is 25.4 Å². The third kappa shape index (κ3) is 5.09. The van der Waals surface area contributed by atoms with E-state index in [0.717, 1.165) is 37.2 Å². The number of rotatable bonds is 9. The molecule has 6 heteroatoms. The molecule has 0 amide bonds. The number of nitrogens with two attached hydrogens (primary N) is 1. The second-order valence-electron chi connectivity index (χ2n) is 5.61. The predicted molar refractivity (Wildman–Crippen MR) is 84.2 cm³/mol. The molecule has 1 atom stereocenters. The Morgan fingerprint density at radius 1 is 1.55 bits per heavy atom. The van der Waals surface area contributed by atoms with Crippen LogP contribution in [-0.4, -0.2) is 22.6 Å². The zero-order chi connectivity index (χ0) is 15.0. The van der Waals surface area contributed by atoms with E-state index in [0.29, 0.717) is 11.9 Å². The van der Waals surface area contributed by atoms with E-state index in [1.165, 1.54) is 0 Å². The highest BCUT2D eigenvalue weighted by molar-refractivity contribution is 7.09. The Labute approximate surface area is 125 Å². The molecule has 0 aliphatic rings. The molecule has 1 rings (SSSR count). The van der Waals surface area contributed by atoms with Crippen LogP contribution in [0.15, 0.2) is 16.7 Å². The fourth-order valence-electron chi connectivity index (χ4n) is 2.04. The maximum absolute atomic E-state index is 8.73. The Kier molecular flexibility index (Phi) is 6.95. The first-order valence-electron chi connectivity index (χ1n) is 7.12. The van der Waals surface area contributed by atoms with Crippen LogP contribution in [0.4, 0.5) is 0 Å². The van der Waals surface area contributed by atoms with Gasteiger partial charge in [-0.1, -0.05) is 32.3 Å². The second-order valence-corrected chi connectivity index (χ2v) is 6.54. The molecule has 0 aliphatic carbocycles. The van der Waals surface area contributed by atoms with Gasteiger partial charge >= 0.3 is 0 Å². The SMILES string of the molecule is CCC(NCCCCC(C)(C)/C(N)=N/O)c1nccs1. The smallest absolute Gasteiger partial charge is 0.144 e. The fourth-order valence-corrected chi connectivity index (χ4v) is 2.84. The van der Waals surface area contributed by atoms with Crippen LogP contribution in [0.2, 0.25) is 0 Å². The molecular formula is C14H26N4OS. The zero-order valence-electron chi connectivity index (χ0n) is 12.6. The molecule has 0 fully saturated rings. The summed E-state index contributed by atoms with van der Waals surface area (Å²) in [5.41, 5.74) is 5.44. The summed E-state index contributed by atoms with van der Waals surface area (Å²) in [5, 5.41) is 18.5. The van der Waals surface area contributed by atoms with Crippen LogP contribution < -0.4 is 11.1 Å². The van der Waals surface area contributed by atoms with E-state index >= 15 is 0 Å². The van der Waals surface area contributed by atoms with E-state index in [1.54, 1.807) is 11.3 Å². The maximum Gasteiger partial charge on any atom is 0.144 e. The number of aromatic nitrogens is 1. The minimum absolute atomic E-state index is 0.242. The van der Waals surface area contributed by atoms with Gasteiger partial charge in [-0.05, 0) is 25.8 Å². The lowest BCUT2D eigenvalue weighted by Gasteiger charge is -2.22. The Hall–Kier alpha value is -1.14. The van der Waals surface area contributed by atoms with Crippen molar-refractivity contribution in [2.75, 3.05) is 6.54 Å². The molecule has 0 saturated heterocycles. The number of hydrogen-bond donors (Lipinski definition) is 3. The van der Waals surface area contributed by atoms with Gasteiger partial charge in [0.05, 0.1) is 6.04 Å². The summed E-state index contributed by atoms with van der Waals surface area (Å²) in [6.07, 6.45) is 5.93. The van der Waals surface area contributed by atoms with E-state index in [2.05, 4.69) is 22.4 Å². The lowest BCUT2D eigenvalue weighted by Crippen LogP contribution is -2.32. The highest BCUT2D eigenvalue weighted by atomic mass is 32.1. The molecule has 0 aliphatic heterocycles. The monoisotopic (exact) mass is 298 g/mol. The topological polar surface area (TPSA) is 83.5 Å². The number of thiazole rings is 1. The molecule has 114 valence electrons. The van der Waals surface area contributed by atoms with Crippen LogP contribution in [0.3, 0.4) is 0 Å². The minimum atomic E-state index is -0.242. The van der Waals surface area contributed by atoms with Gasteiger partial charge in [-0.15, -0.1) is 11.3 Å². The van der Waals surface area contributed by atoms with Crippen molar-refractivity contribution in [1.82, 2.24) is 10.3 Å². The standard InChI is InChI=1S/C14H26N4OS/c1-4-11(12-17-9-10-20-12)16-8-6-5-7-14(2,3)13(15)18-19/h9-11,16,19H,4-8H2,1-3H3,(H2,15,18). The van der Waals surface area contributed by atoms with Gasteiger partial charge < -0.3 is 16.3 Å². The predicted octanol–water partition coefficient (Wildman–Crippen LogP) is 3.13. The van der Waals surface area contributed by atoms with Crippen LogP contribution in [0.5, 0.6) is 0 Å². The molecule has 0 radical (unpaired) electrons. The van der Waals surface area contributed by atoms with Gasteiger partial charge in [0.25, 0.3) is 0 Å². The first-order chi connectivity index (χ1) is 9.51. The minimum Gasteiger partial charge on any atom is -0.409 e. The van der Waals surface area contributed by atoms with Crippen molar-refractivity contribution >= 4 is 17.2 Å². The first-order valence-corrected chi connectivity index (χ1v) is 8.00. The molecule has 1 aromatic heterocycles. The van der Waals surface area contributed by atoms with Crippen molar-refractivity contribution < 1.29 is 5.21 Å². The van der Waals surface area contributed by atoms with Gasteiger partial charge in [0.2, 0.25) is 0 Å². The van der Waals surface area contributed by atoms with Crippen LogP contribution >= 0.6 is 11.3 Å². The molecule has 0 aromatic carbocycles. The molecule has 5 nitrogen and oxygen atoms in total. The van der Waals surface area contributed by atoms with Gasteiger partial charge in [0.1, 0.15) is 10.8 Å². The van der Waals surface area contributed by atoms with Crippen LogP contribution in [0.1, 0.15) is 57.5 Å². The van der Waals surface area contributed by atoms with Crippen molar-refractivity contribution in [2.24, 2.45) is 16.3 Å². The van der Waals surface area contributed by atoms with Gasteiger partial charge in [-0.2, -0.15) is 0 Å². The van der Waals surface area contributed by atoms with E-state index < -0.39 is 0 Å². The Morgan fingerprint density at radius 2 is 2.30 bits per heavy atom. The average Bonchev–Trinajstić information content (AvgIpc) is 2.95. The number of unbranched alkanes of at least 4 members (excludes halogenated alkanes) is 1. The summed E-state index contributed by atoms with van der Waals surface area (Å²) in [7, 11) is 0. The summed E-state index contributed by atoms with van der Waals surface area (Å²) < 4.78 is 0. The van der Waals surface area contributed by atoms with E-state index in [4.69, 9.17) is 10.9 Å². The Bertz CT molecular complexity index is 403. The largest absolute Gasteiger partial charge is 0.409 e. The third-order valence-electron chi connectivity index (χ3n) is 3.58. The second kappa shape index (κ2) is 8.21. The Morgan fingerprint density at radius 3 is 2.85 bits per heavy atom. The summed E-state index contributed by atoms with van der Waals surface area (Å²) >= 11 is 1.70. The summed E-state index contributed by atoms with van der Waals surface area (Å²) in [4.78, 5) is 4.36. The molecule has 1 aromatic rings. The van der Waals surface area contributed by atoms with E-state index in [9.17, 15) is 0 Å². The lowest BCUT2D eigenvalue weighted by molar-refractivity contribution is 0.304. The van der Waals surface area contributed by atoms with Gasteiger partial charge in [-0.25, -0.2) is 4.98 Å². The van der Waals surface area contributed by atoms with Crippen molar-refractivity contribution in [1.29, 1.82) is 0 Å². The van der Waals surface area contributed by atoms with E-state index in [-0.39, 0.29) is 5.41 Å². The van der Waals surface area contributed by atoms with Crippen molar-refractivity contribution in [3.63, 3.8) is 0 Å². The average molecular weight is 298 g/mol. The van der Waals surface area contributed by atoms with Gasteiger partial charge in [-0.3, -0.25) is 0 Å². The molecule has 20 heavy (non-hydrogen) atoms. The molecule has 0 spiro atoms. The first kappa shape index (κ1) is 16.9. The van der Waals surface area contributed by atoms with Crippen molar-refractivity contribution in [2.45, 2.75) is 52.5 Å². The van der Waals surface area contributed by atoms with Crippen LogP contribution in [0, 0.1) is 5.41 Å². The Balaban J connectivity index is 2.25. The molecule has 4 N–H and O–H groups in total. The summed E-state index contributed by atoms with van der Waals surface area (Å²) in [5.74, 6) is 0.305. The lowest BCUT2D eigenvalue weighted by atomic mass is 9.86. The van der Waals surface area contributed by atoms with Gasteiger partial charge in [0.15, 0.2) is 0 Å². The molecule has 1 unspecified atom stereocenters. The quantitative estimate of drug-likeness (QED) is 0.215. The summed E-state index contributed by atoms with van der Waals surface area (Å²) in [6.45, 7) is 7.13. The van der Waals surface area contributed by atoms with Crippen molar-refractivity contribution in [3.8, 4) is 0 Å². The number of nitrogens with zero attached hydrogens (tertiary/aromatic N) is 2. The molecule has 0 saturated carbocycles. The molecule has 0 bridgehead atoms. The maximum atomic E-state index is 8.73. The number of nitrogens with one attached hydrogen (secondary N) is 1. The fraction of sp³-hybridized carbons (Fsp3) is 0.714.